The first-order chi connectivity index (χ1) is 18.3. The highest BCUT2D eigenvalue weighted by molar-refractivity contribution is 5.94. The summed E-state index contributed by atoms with van der Waals surface area (Å²) in [7, 11) is 0. The van der Waals surface area contributed by atoms with E-state index in [4.69, 9.17) is 4.74 Å². The highest BCUT2D eigenvalue weighted by Gasteiger charge is 2.21. The monoisotopic (exact) mass is 508 g/mol. The maximum absolute atomic E-state index is 12.6. The molecule has 0 saturated carbocycles. The molecule has 0 bridgehead atoms. The van der Waals surface area contributed by atoms with Crippen LogP contribution < -0.4 is 16.0 Å². The van der Waals surface area contributed by atoms with Crippen molar-refractivity contribution in [2.75, 3.05) is 17.2 Å². The number of nitrogens with one attached hydrogen (secondary N) is 4. The molecule has 1 amide bonds. The van der Waals surface area contributed by atoms with Gasteiger partial charge >= 0.3 is 6.09 Å². The third kappa shape index (κ3) is 6.21. The summed E-state index contributed by atoms with van der Waals surface area (Å²) >= 11 is 0. The fourth-order valence-electron chi connectivity index (χ4n) is 4.45. The molecule has 194 valence electrons. The number of hydrogen-bond acceptors (Lipinski definition) is 6. The van der Waals surface area contributed by atoms with Gasteiger partial charge in [0.25, 0.3) is 0 Å². The van der Waals surface area contributed by atoms with E-state index < -0.39 is 11.7 Å². The van der Waals surface area contributed by atoms with Gasteiger partial charge in [-0.05, 0) is 57.0 Å². The minimum Gasteiger partial charge on any atom is -0.444 e. The molecule has 3 aromatic heterocycles. The molecule has 0 spiro atoms. The van der Waals surface area contributed by atoms with Crippen molar-refractivity contribution >= 4 is 44.8 Å². The van der Waals surface area contributed by atoms with E-state index in [-0.39, 0.29) is 6.04 Å². The quantitative estimate of drug-likeness (QED) is 0.193. The number of hydrogen-bond donors (Lipinski definition) is 4. The van der Waals surface area contributed by atoms with Gasteiger partial charge in [0.15, 0.2) is 0 Å². The standard InChI is InChI=1S/C30H32N6O2/c1-30(2,3)38-29(37)36-23(13-21-16-34-27-9-5-4-8-25(21)27)19-33-22-14-24(18-32-17-22)35-28-10-6-7-20-15-31-12-11-26(20)28/h4-12,14-18,23,33-35H,13,19H2,1-3H3,(H,36,37)/t23-/m0/s1. The summed E-state index contributed by atoms with van der Waals surface area (Å²) in [6.07, 6.45) is 9.38. The van der Waals surface area contributed by atoms with Crippen LogP contribution in [0.4, 0.5) is 21.9 Å². The highest BCUT2D eigenvalue weighted by atomic mass is 16.6. The van der Waals surface area contributed by atoms with E-state index >= 15 is 0 Å². The summed E-state index contributed by atoms with van der Waals surface area (Å²) in [5.41, 5.74) is 4.29. The molecule has 0 unspecified atom stereocenters. The fraction of sp³-hybridized carbons (Fsp3) is 0.233. The first kappa shape index (κ1) is 25.1. The Balaban J connectivity index is 1.31. The number of rotatable bonds is 8. The third-order valence-corrected chi connectivity index (χ3v) is 6.11. The summed E-state index contributed by atoms with van der Waals surface area (Å²) in [5, 5.41) is 13.2. The largest absolute Gasteiger partial charge is 0.444 e. The fourth-order valence-corrected chi connectivity index (χ4v) is 4.45. The van der Waals surface area contributed by atoms with E-state index in [0.29, 0.717) is 13.0 Å². The predicted molar refractivity (Wildman–Crippen MR) is 153 cm³/mol. The van der Waals surface area contributed by atoms with Gasteiger partial charge in [-0.3, -0.25) is 9.97 Å². The Kier molecular flexibility index (Phi) is 7.13. The average molecular weight is 509 g/mol. The molecule has 2 aromatic carbocycles. The van der Waals surface area contributed by atoms with Crippen molar-refractivity contribution in [1.29, 1.82) is 0 Å². The number of pyridine rings is 2. The summed E-state index contributed by atoms with van der Waals surface area (Å²) in [6, 6.07) is 18.0. The molecule has 38 heavy (non-hydrogen) atoms. The van der Waals surface area contributed by atoms with Gasteiger partial charge in [-0.15, -0.1) is 0 Å². The molecule has 0 fully saturated rings. The minimum atomic E-state index is -0.579. The number of benzene rings is 2. The number of alkyl carbamates (subject to hydrolysis) is 1. The SMILES string of the molecule is CC(C)(C)OC(=O)N[C@H](CNc1cncc(Nc2cccc3cnccc23)c1)Cc1c[nH]c2ccccc12. The van der Waals surface area contributed by atoms with Crippen molar-refractivity contribution in [3.05, 3.63) is 91.1 Å². The number of para-hydroxylation sites is 1. The van der Waals surface area contributed by atoms with Crippen LogP contribution >= 0.6 is 0 Å². The molecule has 0 saturated heterocycles. The van der Waals surface area contributed by atoms with Gasteiger partial charge in [0.1, 0.15) is 5.60 Å². The summed E-state index contributed by atoms with van der Waals surface area (Å²) in [4.78, 5) is 24.6. The van der Waals surface area contributed by atoms with Gasteiger partial charge in [0, 0.05) is 52.5 Å². The van der Waals surface area contributed by atoms with Crippen LogP contribution in [0.5, 0.6) is 0 Å². The Bertz CT molecular complexity index is 1550. The van der Waals surface area contributed by atoms with E-state index in [1.54, 1.807) is 18.6 Å². The van der Waals surface area contributed by atoms with Crippen molar-refractivity contribution < 1.29 is 9.53 Å². The Morgan fingerprint density at radius 3 is 2.68 bits per heavy atom. The molecule has 8 heteroatoms. The lowest BCUT2D eigenvalue weighted by atomic mass is 10.0. The minimum absolute atomic E-state index is 0.216. The molecule has 0 aliphatic rings. The Labute approximate surface area is 221 Å². The number of carbonyl (C=O) groups is 1. The lowest BCUT2D eigenvalue weighted by molar-refractivity contribution is 0.0507. The normalized spacial score (nSPS) is 12.3. The second kappa shape index (κ2) is 10.8. The zero-order valence-electron chi connectivity index (χ0n) is 21.8. The molecule has 3 heterocycles. The van der Waals surface area contributed by atoms with Gasteiger partial charge < -0.3 is 25.7 Å². The number of aromatic nitrogens is 3. The molecule has 0 aliphatic heterocycles. The van der Waals surface area contributed by atoms with Crippen molar-refractivity contribution in [2.24, 2.45) is 0 Å². The molecule has 0 aliphatic carbocycles. The van der Waals surface area contributed by atoms with Crippen LogP contribution in [0.3, 0.4) is 0 Å². The number of nitrogens with zero attached hydrogens (tertiary/aromatic N) is 2. The van der Waals surface area contributed by atoms with E-state index in [1.165, 1.54) is 0 Å². The Morgan fingerprint density at radius 1 is 0.974 bits per heavy atom. The van der Waals surface area contributed by atoms with Gasteiger partial charge in [-0.25, -0.2) is 4.79 Å². The van der Waals surface area contributed by atoms with Crippen LogP contribution in [0.25, 0.3) is 21.7 Å². The molecule has 5 rings (SSSR count). The number of amides is 1. The topological polar surface area (TPSA) is 104 Å². The van der Waals surface area contributed by atoms with Crippen molar-refractivity contribution in [2.45, 2.75) is 38.8 Å². The lowest BCUT2D eigenvalue weighted by Gasteiger charge is -2.24. The Hall–Kier alpha value is -4.59. The molecular weight excluding hydrogens is 476 g/mol. The number of H-pyrrole nitrogens is 1. The number of ether oxygens (including phenoxy) is 1. The van der Waals surface area contributed by atoms with E-state index in [0.717, 1.165) is 44.3 Å². The van der Waals surface area contributed by atoms with Crippen LogP contribution in [-0.2, 0) is 11.2 Å². The first-order valence-electron chi connectivity index (χ1n) is 12.7. The zero-order chi connectivity index (χ0) is 26.5. The smallest absolute Gasteiger partial charge is 0.407 e. The van der Waals surface area contributed by atoms with E-state index in [9.17, 15) is 4.79 Å². The average Bonchev–Trinajstić information content (AvgIpc) is 3.29. The van der Waals surface area contributed by atoms with Gasteiger partial charge in [-0.1, -0.05) is 30.3 Å². The highest BCUT2D eigenvalue weighted by Crippen LogP contribution is 2.26. The van der Waals surface area contributed by atoms with Crippen LogP contribution in [-0.4, -0.2) is 39.2 Å². The van der Waals surface area contributed by atoms with Gasteiger partial charge in [0.2, 0.25) is 0 Å². The lowest BCUT2D eigenvalue weighted by Crippen LogP contribution is -2.43. The number of carbonyl (C=O) groups excluding carboxylic acids is 1. The second-order valence-electron chi connectivity index (χ2n) is 10.3. The molecular formula is C30H32N6O2. The molecule has 4 N–H and O–H groups in total. The van der Waals surface area contributed by atoms with Crippen molar-refractivity contribution in [1.82, 2.24) is 20.3 Å². The zero-order valence-corrected chi connectivity index (χ0v) is 21.8. The second-order valence-corrected chi connectivity index (χ2v) is 10.3. The molecule has 8 nitrogen and oxygen atoms in total. The summed E-state index contributed by atoms with van der Waals surface area (Å²) in [5.74, 6) is 0. The van der Waals surface area contributed by atoms with E-state index in [1.807, 2.05) is 81.7 Å². The number of fused-ring (bicyclic) bond motifs is 2. The van der Waals surface area contributed by atoms with Gasteiger partial charge in [0.05, 0.1) is 29.8 Å². The molecule has 1 atom stereocenters. The maximum Gasteiger partial charge on any atom is 0.407 e. The predicted octanol–water partition coefficient (Wildman–Crippen LogP) is 6.40. The summed E-state index contributed by atoms with van der Waals surface area (Å²) < 4.78 is 5.54. The summed E-state index contributed by atoms with van der Waals surface area (Å²) in [6.45, 7) is 6.06. The van der Waals surface area contributed by atoms with Crippen LogP contribution in [0, 0.1) is 0 Å². The third-order valence-electron chi connectivity index (χ3n) is 6.11. The molecule has 5 aromatic rings. The van der Waals surface area contributed by atoms with Crippen LogP contribution in [0.2, 0.25) is 0 Å². The van der Waals surface area contributed by atoms with Crippen LogP contribution in [0.15, 0.2) is 85.6 Å². The Morgan fingerprint density at radius 2 is 1.82 bits per heavy atom. The van der Waals surface area contributed by atoms with Gasteiger partial charge in [-0.2, -0.15) is 0 Å². The first-order valence-corrected chi connectivity index (χ1v) is 12.7. The number of anilines is 3. The van der Waals surface area contributed by atoms with Crippen molar-refractivity contribution in [3.8, 4) is 0 Å². The van der Waals surface area contributed by atoms with Crippen LogP contribution in [0.1, 0.15) is 26.3 Å². The number of aromatic amines is 1. The maximum atomic E-state index is 12.6. The van der Waals surface area contributed by atoms with Crippen molar-refractivity contribution in [3.63, 3.8) is 0 Å². The van der Waals surface area contributed by atoms with E-state index in [2.05, 4.69) is 37.0 Å². The molecule has 0 radical (unpaired) electrons.